The molecule has 0 aliphatic carbocycles. The Bertz CT molecular complexity index is 274. The molecule has 0 N–H and O–H groups in total. The summed E-state index contributed by atoms with van der Waals surface area (Å²) in [7, 11) is 0. The quantitative estimate of drug-likeness (QED) is 0.591. The first-order valence-electron chi connectivity index (χ1n) is 4.57. The summed E-state index contributed by atoms with van der Waals surface area (Å²) in [5.41, 5.74) is 0. The van der Waals surface area contributed by atoms with E-state index in [0.717, 1.165) is 4.90 Å². The molecule has 5 heteroatoms. The molecule has 0 spiro atoms. The van der Waals surface area contributed by atoms with Crippen LogP contribution in [0.1, 0.15) is 26.7 Å². The molecule has 0 aromatic rings. The fraction of sp³-hybridized carbons (Fsp3) is 0.667. The van der Waals surface area contributed by atoms with Gasteiger partial charge in [0.25, 0.3) is 0 Å². The van der Waals surface area contributed by atoms with Gasteiger partial charge in [0.05, 0.1) is 6.61 Å². The Morgan fingerprint density at radius 1 is 1.57 bits per heavy atom. The van der Waals surface area contributed by atoms with Gasteiger partial charge in [-0.1, -0.05) is 0 Å². The third-order valence-electron chi connectivity index (χ3n) is 2.11. The zero-order valence-electron chi connectivity index (χ0n) is 8.28. The molecule has 1 unspecified atom stereocenters. The van der Waals surface area contributed by atoms with Gasteiger partial charge >= 0.3 is 5.97 Å². The Kier molecular flexibility index (Phi) is 3.22. The average Bonchev–Trinajstić information content (AvgIpc) is 2.47. The molecular formula is C9H13NO4. The van der Waals surface area contributed by atoms with Crippen LogP contribution in [0, 0.1) is 0 Å². The van der Waals surface area contributed by atoms with Gasteiger partial charge in [0.1, 0.15) is 6.04 Å². The van der Waals surface area contributed by atoms with Gasteiger partial charge in [-0.3, -0.25) is 14.5 Å². The van der Waals surface area contributed by atoms with Gasteiger partial charge in [0.15, 0.2) is 0 Å². The smallest absolute Gasteiger partial charge is 0.329 e. The molecule has 0 saturated carbocycles. The van der Waals surface area contributed by atoms with Crippen molar-refractivity contribution in [1.82, 2.24) is 4.90 Å². The number of carbonyl (C=O) groups excluding carboxylic acids is 3. The van der Waals surface area contributed by atoms with E-state index in [1.165, 1.54) is 6.92 Å². The summed E-state index contributed by atoms with van der Waals surface area (Å²) in [5, 5.41) is 0. The van der Waals surface area contributed by atoms with Crippen LogP contribution in [0.5, 0.6) is 0 Å². The van der Waals surface area contributed by atoms with Gasteiger partial charge in [-0.25, -0.2) is 4.79 Å². The standard InChI is InChI=1S/C9H13NO4/c1-3-14-9(13)7-4-5-8(12)10(7)6(2)11/h7H,3-5H2,1-2H3. The summed E-state index contributed by atoms with van der Waals surface area (Å²) < 4.78 is 4.77. The third kappa shape index (κ3) is 1.92. The van der Waals surface area contributed by atoms with Crippen molar-refractivity contribution in [1.29, 1.82) is 0 Å². The number of imide groups is 1. The molecule has 1 fully saturated rings. The first kappa shape index (κ1) is 10.7. The normalized spacial score (nSPS) is 21.1. The number of hydrogen-bond acceptors (Lipinski definition) is 4. The molecule has 0 bridgehead atoms. The minimum atomic E-state index is -0.708. The van der Waals surface area contributed by atoms with Crippen molar-refractivity contribution in [3.63, 3.8) is 0 Å². The van der Waals surface area contributed by atoms with E-state index in [1.54, 1.807) is 6.92 Å². The number of carbonyl (C=O) groups is 3. The molecule has 78 valence electrons. The summed E-state index contributed by atoms with van der Waals surface area (Å²) in [6.07, 6.45) is 0.611. The van der Waals surface area contributed by atoms with E-state index in [2.05, 4.69) is 0 Å². The van der Waals surface area contributed by atoms with Crippen molar-refractivity contribution in [2.24, 2.45) is 0 Å². The summed E-state index contributed by atoms with van der Waals surface area (Å²) in [4.78, 5) is 34.6. The predicted octanol–water partition coefficient (Wildman–Crippen LogP) is 0.0870. The van der Waals surface area contributed by atoms with Crippen molar-refractivity contribution in [3.05, 3.63) is 0 Å². The Balaban J connectivity index is 2.74. The van der Waals surface area contributed by atoms with Crippen molar-refractivity contribution in [3.8, 4) is 0 Å². The highest BCUT2D eigenvalue weighted by atomic mass is 16.5. The molecule has 14 heavy (non-hydrogen) atoms. The number of hydrogen-bond donors (Lipinski definition) is 0. The van der Waals surface area contributed by atoms with Crippen LogP contribution in [0.25, 0.3) is 0 Å². The molecule has 1 saturated heterocycles. The molecule has 2 amide bonds. The maximum Gasteiger partial charge on any atom is 0.329 e. The predicted molar refractivity (Wildman–Crippen MR) is 47.2 cm³/mol. The van der Waals surface area contributed by atoms with E-state index in [-0.39, 0.29) is 18.9 Å². The number of likely N-dealkylation sites (tertiary alicyclic amines) is 1. The number of rotatable bonds is 2. The van der Waals surface area contributed by atoms with Gasteiger partial charge in [-0.05, 0) is 13.3 Å². The van der Waals surface area contributed by atoms with Crippen molar-refractivity contribution in [2.45, 2.75) is 32.7 Å². The topological polar surface area (TPSA) is 63.7 Å². The van der Waals surface area contributed by atoms with Gasteiger partial charge < -0.3 is 4.74 Å². The van der Waals surface area contributed by atoms with Crippen molar-refractivity contribution < 1.29 is 19.1 Å². The number of nitrogens with zero attached hydrogens (tertiary/aromatic N) is 1. The van der Waals surface area contributed by atoms with Gasteiger partial charge in [0.2, 0.25) is 11.8 Å². The maximum atomic E-state index is 11.3. The lowest BCUT2D eigenvalue weighted by Gasteiger charge is -2.19. The molecule has 1 rings (SSSR count). The molecule has 0 aromatic carbocycles. The Morgan fingerprint density at radius 3 is 2.71 bits per heavy atom. The number of amides is 2. The fourth-order valence-electron chi connectivity index (χ4n) is 1.54. The van der Waals surface area contributed by atoms with Crippen LogP contribution in [0.15, 0.2) is 0 Å². The van der Waals surface area contributed by atoms with Gasteiger partial charge in [-0.15, -0.1) is 0 Å². The lowest BCUT2D eigenvalue weighted by molar-refractivity contribution is -0.156. The van der Waals surface area contributed by atoms with E-state index in [9.17, 15) is 14.4 Å². The SMILES string of the molecule is CCOC(=O)C1CCC(=O)N1C(C)=O. The first-order valence-corrected chi connectivity index (χ1v) is 4.57. The minimum Gasteiger partial charge on any atom is -0.464 e. The summed E-state index contributed by atoms with van der Waals surface area (Å²) >= 11 is 0. The first-order chi connectivity index (χ1) is 6.57. The molecule has 5 nitrogen and oxygen atoms in total. The van der Waals surface area contributed by atoms with Crippen LogP contribution < -0.4 is 0 Å². The molecule has 0 aromatic heterocycles. The van der Waals surface area contributed by atoms with E-state index in [4.69, 9.17) is 4.74 Å². The van der Waals surface area contributed by atoms with Crippen molar-refractivity contribution in [2.75, 3.05) is 6.61 Å². The summed E-state index contributed by atoms with van der Waals surface area (Å²) in [6, 6.07) is -0.708. The Hall–Kier alpha value is -1.39. The average molecular weight is 199 g/mol. The zero-order chi connectivity index (χ0) is 10.7. The zero-order valence-corrected chi connectivity index (χ0v) is 8.28. The van der Waals surface area contributed by atoms with E-state index < -0.39 is 17.9 Å². The molecule has 1 atom stereocenters. The molecule has 1 aliphatic heterocycles. The van der Waals surface area contributed by atoms with E-state index >= 15 is 0 Å². The lowest BCUT2D eigenvalue weighted by atomic mass is 10.2. The second kappa shape index (κ2) is 4.21. The lowest BCUT2D eigenvalue weighted by Crippen LogP contribution is -2.42. The maximum absolute atomic E-state index is 11.3. The third-order valence-corrected chi connectivity index (χ3v) is 2.11. The molecule has 1 aliphatic rings. The van der Waals surface area contributed by atoms with Gasteiger partial charge in [0, 0.05) is 13.3 Å². The van der Waals surface area contributed by atoms with Crippen molar-refractivity contribution >= 4 is 17.8 Å². The van der Waals surface area contributed by atoms with Gasteiger partial charge in [-0.2, -0.15) is 0 Å². The highest BCUT2D eigenvalue weighted by Crippen LogP contribution is 2.19. The number of ether oxygens (including phenoxy) is 1. The number of esters is 1. The second-order valence-corrected chi connectivity index (χ2v) is 3.09. The Labute approximate surface area is 82.0 Å². The van der Waals surface area contributed by atoms with E-state index in [0.29, 0.717) is 6.42 Å². The van der Waals surface area contributed by atoms with E-state index in [1.807, 2.05) is 0 Å². The summed E-state index contributed by atoms with van der Waals surface area (Å²) in [6.45, 7) is 3.22. The fourth-order valence-corrected chi connectivity index (χ4v) is 1.54. The molecule has 1 heterocycles. The monoisotopic (exact) mass is 199 g/mol. The molecule has 0 radical (unpaired) electrons. The largest absolute Gasteiger partial charge is 0.464 e. The van der Waals surface area contributed by atoms with Crippen LogP contribution in [-0.4, -0.2) is 35.3 Å². The van der Waals surface area contributed by atoms with Crippen LogP contribution >= 0.6 is 0 Å². The highest BCUT2D eigenvalue weighted by Gasteiger charge is 2.39. The minimum absolute atomic E-state index is 0.239. The van der Waals surface area contributed by atoms with Crippen LogP contribution in [0.3, 0.4) is 0 Å². The van der Waals surface area contributed by atoms with Crippen LogP contribution in [-0.2, 0) is 19.1 Å². The highest BCUT2D eigenvalue weighted by molar-refractivity contribution is 6.00. The second-order valence-electron chi connectivity index (χ2n) is 3.09. The van der Waals surface area contributed by atoms with Crippen LogP contribution in [0.2, 0.25) is 0 Å². The molecular weight excluding hydrogens is 186 g/mol. The Morgan fingerprint density at radius 2 is 2.21 bits per heavy atom. The van der Waals surface area contributed by atoms with Crippen LogP contribution in [0.4, 0.5) is 0 Å². The summed E-state index contributed by atoms with van der Waals surface area (Å²) in [5.74, 6) is -1.19.